The van der Waals surface area contributed by atoms with Gasteiger partial charge in [0, 0.05) is 20.5 Å². The van der Waals surface area contributed by atoms with Crippen molar-refractivity contribution in [2.24, 2.45) is 0 Å². The average molecular weight is 526 g/mol. The van der Waals surface area contributed by atoms with Gasteiger partial charge in [-0.3, -0.25) is 0 Å². The predicted molar refractivity (Wildman–Crippen MR) is 91.1 cm³/mol. The molecule has 1 aromatic rings. The maximum absolute atomic E-state index is 13.3. The summed E-state index contributed by atoms with van der Waals surface area (Å²) in [5.74, 6) is -19.1. The van der Waals surface area contributed by atoms with Gasteiger partial charge in [-0.15, -0.1) is 3.97 Å². The monoisotopic (exact) mass is 525 g/mol. The van der Waals surface area contributed by atoms with Crippen LogP contribution >= 0.6 is 0 Å². The molecule has 16 heteroatoms. The third kappa shape index (κ3) is 6.53. The van der Waals surface area contributed by atoms with Gasteiger partial charge in [0.05, 0.1) is 6.54 Å². The van der Waals surface area contributed by atoms with Crippen LogP contribution in [0, 0.1) is 0 Å². The molecule has 188 valence electrons. The van der Waals surface area contributed by atoms with E-state index in [-0.39, 0.29) is 18.8 Å². The first kappa shape index (κ1) is 30.5. The van der Waals surface area contributed by atoms with E-state index < -0.39 is 40.6 Å². The first-order valence-corrected chi connectivity index (χ1v) is 10.1. The van der Waals surface area contributed by atoms with Crippen molar-refractivity contribution in [1.82, 2.24) is 8.28 Å². The van der Waals surface area contributed by atoms with Gasteiger partial charge >= 0.3 is 34.2 Å². The molecule has 5 nitrogen and oxygen atoms in total. The van der Waals surface area contributed by atoms with Gasteiger partial charge in [0.25, 0.3) is 6.33 Å². The molecule has 0 aliphatic heterocycles. The van der Waals surface area contributed by atoms with E-state index in [1.54, 1.807) is 0 Å². The lowest BCUT2D eigenvalue weighted by molar-refractivity contribution is -0.696. The van der Waals surface area contributed by atoms with Crippen molar-refractivity contribution in [3.63, 3.8) is 0 Å². The zero-order chi connectivity index (χ0) is 24.3. The van der Waals surface area contributed by atoms with Crippen LogP contribution in [0.5, 0.6) is 0 Å². The van der Waals surface area contributed by atoms with Crippen LogP contribution in [0.3, 0.4) is 0 Å². The van der Waals surface area contributed by atoms with E-state index in [0.717, 1.165) is 14.4 Å². The number of halogens is 10. The van der Waals surface area contributed by atoms with Gasteiger partial charge in [-0.1, -0.05) is 12.2 Å². The van der Waals surface area contributed by atoms with Crippen molar-refractivity contribution in [2.45, 2.75) is 56.2 Å². The van der Waals surface area contributed by atoms with E-state index in [1.165, 1.54) is 37.4 Å². The van der Waals surface area contributed by atoms with Crippen LogP contribution in [0.25, 0.3) is 0 Å². The highest BCUT2D eigenvalue weighted by molar-refractivity contribution is 7.87. The minimum Gasteiger partial charge on any atom is -1.00 e. The van der Waals surface area contributed by atoms with E-state index in [0.29, 0.717) is 25.5 Å². The molecule has 0 aliphatic rings. The molecule has 0 aliphatic carbocycles. The van der Waals surface area contributed by atoms with Crippen molar-refractivity contribution in [3.8, 4) is 0 Å². The maximum atomic E-state index is 13.3. The number of rotatable bonds is 11. The molecule has 0 radical (unpaired) electrons. The van der Waals surface area contributed by atoms with Crippen LogP contribution in [0.4, 0.5) is 39.5 Å². The minimum atomic E-state index is -6.88. The smallest absolute Gasteiger partial charge is 0.460 e. The van der Waals surface area contributed by atoms with Crippen molar-refractivity contribution < 1.29 is 64.9 Å². The summed E-state index contributed by atoms with van der Waals surface area (Å²) in [5, 5.41) is 0. The molecule has 0 saturated heterocycles. The lowest BCUT2D eigenvalue weighted by atomic mass is 10.0. The second-order valence-corrected chi connectivity index (χ2v) is 8.84. The Kier molecular flexibility index (Phi) is 10.1. The number of nitrogens with zero attached hydrogens (tertiary/aromatic N) is 3. The summed E-state index contributed by atoms with van der Waals surface area (Å²) in [6.45, 7) is 0.329. The Morgan fingerprint density at radius 2 is 1.50 bits per heavy atom. The number of unbranched alkanes of at least 4 members (excludes halogenated alkanes) is 2. The van der Waals surface area contributed by atoms with Crippen molar-refractivity contribution in [1.29, 1.82) is 0 Å². The fourth-order valence-electron chi connectivity index (χ4n) is 2.27. The number of hydrogen-bond donors (Lipinski definition) is 0. The molecule has 1 heterocycles. The van der Waals surface area contributed by atoms with Gasteiger partial charge < -0.3 is 12.4 Å². The van der Waals surface area contributed by atoms with Crippen LogP contribution in [-0.2, 0) is 16.8 Å². The van der Waals surface area contributed by atoms with Crippen molar-refractivity contribution in [3.05, 3.63) is 30.9 Å². The molecule has 0 N–H and O–H groups in total. The zero-order valence-corrected chi connectivity index (χ0v) is 18.3. The number of imidazole rings is 1. The van der Waals surface area contributed by atoms with Crippen LogP contribution in [0.2, 0.25) is 0 Å². The summed E-state index contributed by atoms with van der Waals surface area (Å²) in [4.78, 5) is 0. The van der Waals surface area contributed by atoms with E-state index in [1.807, 2.05) is 0 Å². The van der Waals surface area contributed by atoms with E-state index in [9.17, 15) is 47.9 Å². The lowest BCUT2D eigenvalue weighted by Crippen LogP contribution is -3.00. The molecular formula is C16H21ClF9N3O2S. The third-order valence-corrected chi connectivity index (χ3v) is 5.85. The summed E-state index contributed by atoms with van der Waals surface area (Å²) >= 11 is 0. The highest BCUT2D eigenvalue weighted by Crippen LogP contribution is 2.54. The van der Waals surface area contributed by atoms with Crippen LogP contribution in [-0.4, -0.2) is 54.7 Å². The molecule has 1 rings (SSSR count). The molecule has 0 fully saturated rings. The minimum absolute atomic E-state index is 0. The molecule has 0 spiro atoms. The third-order valence-electron chi connectivity index (χ3n) is 4.18. The van der Waals surface area contributed by atoms with Crippen molar-refractivity contribution in [2.75, 3.05) is 14.1 Å². The highest BCUT2D eigenvalue weighted by atomic mass is 35.5. The average Bonchev–Trinajstić information content (AvgIpc) is 3.09. The SMILES string of the molecule is CN(C)S(=O)(=O)n1cc[n+](CCCCC=CCC(F)(F)C(F)(F)C(F)(F)C(F)(F)F)c1.[Cl-]. The van der Waals surface area contributed by atoms with Gasteiger partial charge in [-0.2, -0.15) is 52.2 Å². The number of alkyl halides is 9. The van der Waals surface area contributed by atoms with Gasteiger partial charge in [0.15, 0.2) is 0 Å². The standard InChI is InChI=1S/C16H21F9N3O2S.ClH/c1-26(2)31(29,30)28-11-10-27(12-28)9-7-5-3-4-6-8-13(17,18)14(19,20)15(21,22)16(23,24)25;/h4,6,10-12H,3,5,7-9H2,1-2H3;1H/q+1;/p-1. The second-order valence-electron chi connectivity index (χ2n) is 6.79. The summed E-state index contributed by atoms with van der Waals surface area (Å²) < 4.78 is 142. The van der Waals surface area contributed by atoms with Crippen LogP contribution in [0.1, 0.15) is 25.7 Å². The normalized spacial score (nSPS) is 14.2. The second kappa shape index (κ2) is 10.6. The summed E-state index contributed by atoms with van der Waals surface area (Å²) in [6, 6.07) is 0. The Morgan fingerprint density at radius 3 is 2.00 bits per heavy atom. The van der Waals surface area contributed by atoms with Gasteiger partial charge in [0.1, 0.15) is 12.4 Å². The quantitative estimate of drug-likeness (QED) is 0.187. The molecular weight excluding hydrogens is 505 g/mol. The zero-order valence-electron chi connectivity index (χ0n) is 16.8. The van der Waals surface area contributed by atoms with E-state index >= 15 is 0 Å². The first-order valence-electron chi connectivity index (χ1n) is 8.73. The summed E-state index contributed by atoms with van der Waals surface area (Å²) in [7, 11) is -0.997. The Hall–Kier alpha value is -1.48. The van der Waals surface area contributed by atoms with Crippen LogP contribution in [0.15, 0.2) is 30.9 Å². The van der Waals surface area contributed by atoms with Gasteiger partial charge in [-0.05, 0) is 19.3 Å². The molecule has 0 aromatic carbocycles. The lowest BCUT2D eigenvalue weighted by Gasteiger charge is -2.33. The van der Waals surface area contributed by atoms with E-state index in [2.05, 4.69) is 0 Å². The van der Waals surface area contributed by atoms with Gasteiger partial charge in [-0.25, -0.2) is 4.57 Å². The molecule has 0 amide bonds. The molecule has 0 saturated carbocycles. The number of allylic oxidation sites excluding steroid dienone is 2. The molecule has 0 bridgehead atoms. The Labute approximate surface area is 185 Å². The fraction of sp³-hybridized carbons (Fsp3) is 0.688. The maximum Gasteiger partial charge on any atom is 0.460 e. The number of hydrogen-bond acceptors (Lipinski definition) is 2. The number of aromatic nitrogens is 2. The first-order chi connectivity index (χ1) is 13.9. The van der Waals surface area contributed by atoms with E-state index in [4.69, 9.17) is 0 Å². The summed E-state index contributed by atoms with van der Waals surface area (Å²) in [6.07, 6.45) is -2.54. The summed E-state index contributed by atoms with van der Waals surface area (Å²) in [5.41, 5.74) is 0. The molecule has 0 atom stereocenters. The molecule has 0 unspecified atom stereocenters. The fourth-order valence-corrected chi connectivity index (χ4v) is 3.10. The van der Waals surface area contributed by atoms with Crippen LogP contribution < -0.4 is 17.0 Å². The van der Waals surface area contributed by atoms with Crippen molar-refractivity contribution >= 4 is 10.2 Å². The van der Waals surface area contributed by atoms with Gasteiger partial charge in [0.2, 0.25) is 0 Å². The molecule has 1 aromatic heterocycles. The Bertz CT molecular complexity index is 868. The predicted octanol–water partition coefficient (Wildman–Crippen LogP) is 1.02. The number of aryl methyl sites for hydroxylation is 1. The Morgan fingerprint density at radius 1 is 0.938 bits per heavy atom. The largest absolute Gasteiger partial charge is 1.00 e. The highest BCUT2D eigenvalue weighted by Gasteiger charge is 2.81. The Balaban J connectivity index is 0.00000961. The molecule has 32 heavy (non-hydrogen) atoms. The topological polar surface area (TPSA) is 46.2 Å².